The number of anilines is 2. The highest BCUT2D eigenvalue weighted by molar-refractivity contribution is 7.18. The molecule has 2 N–H and O–H groups in total. The van der Waals surface area contributed by atoms with Crippen LogP contribution in [0.25, 0.3) is 20.4 Å². The van der Waals surface area contributed by atoms with Gasteiger partial charge in [0.2, 0.25) is 0 Å². The molecule has 0 spiro atoms. The van der Waals surface area contributed by atoms with Crippen LogP contribution in [0.15, 0.2) is 36.4 Å². The Labute approximate surface area is 156 Å². The Bertz CT molecular complexity index is 1070. The van der Waals surface area contributed by atoms with Gasteiger partial charge in [-0.05, 0) is 50.2 Å². The third-order valence-electron chi connectivity index (χ3n) is 3.71. The lowest BCUT2D eigenvalue weighted by Gasteiger charge is -2.06. The summed E-state index contributed by atoms with van der Waals surface area (Å²) in [6, 6.07) is 10.8. The van der Waals surface area contributed by atoms with Crippen LogP contribution in [0.2, 0.25) is 0 Å². The lowest BCUT2D eigenvalue weighted by Crippen LogP contribution is -2.29. The molecule has 130 valence electrons. The number of aryl methyl sites for hydroxylation is 2. The third-order valence-corrected chi connectivity index (χ3v) is 5.58. The number of amides is 2. The summed E-state index contributed by atoms with van der Waals surface area (Å²) >= 11 is 3.08. The van der Waals surface area contributed by atoms with Gasteiger partial charge in [-0.25, -0.2) is 9.97 Å². The molecule has 2 amide bonds. The second-order valence-corrected chi connectivity index (χ2v) is 8.21. The zero-order valence-electron chi connectivity index (χ0n) is 14.0. The molecule has 0 fully saturated rings. The van der Waals surface area contributed by atoms with E-state index in [0.29, 0.717) is 11.4 Å². The first-order valence-corrected chi connectivity index (χ1v) is 9.48. The molecule has 26 heavy (non-hydrogen) atoms. The lowest BCUT2D eigenvalue weighted by atomic mass is 10.3. The molecule has 6 nitrogen and oxygen atoms in total. The maximum atomic E-state index is 12.2. The van der Waals surface area contributed by atoms with Crippen molar-refractivity contribution in [3.05, 3.63) is 46.4 Å². The van der Waals surface area contributed by atoms with Gasteiger partial charge in [0.15, 0.2) is 0 Å². The normalized spacial score (nSPS) is 11.0. The highest BCUT2D eigenvalue weighted by atomic mass is 32.1. The summed E-state index contributed by atoms with van der Waals surface area (Å²) in [5.41, 5.74) is 2.89. The summed E-state index contributed by atoms with van der Waals surface area (Å²) in [4.78, 5) is 33.1. The molecule has 2 aromatic carbocycles. The molecule has 0 saturated heterocycles. The van der Waals surface area contributed by atoms with Crippen molar-refractivity contribution in [2.45, 2.75) is 13.8 Å². The van der Waals surface area contributed by atoms with E-state index in [-0.39, 0.29) is 0 Å². The number of fused-ring (bicyclic) bond motifs is 2. The van der Waals surface area contributed by atoms with Crippen LogP contribution in [-0.4, -0.2) is 21.8 Å². The molecule has 0 bridgehead atoms. The first-order chi connectivity index (χ1) is 12.5. The molecule has 4 aromatic rings. The number of carbonyl (C=O) groups is 2. The van der Waals surface area contributed by atoms with Gasteiger partial charge < -0.3 is 10.6 Å². The minimum atomic E-state index is -0.717. The van der Waals surface area contributed by atoms with Crippen LogP contribution in [-0.2, 0) is 9.59 Å². The van der Waals surface area contributed by atoms with Crippen LogP contribution >= 0.6 is 22.7 Å². The van der Waals surface area contributed by atoms with Crippen LogP contribution in [0.3, 0.4) is 0 Å². The fourth-order valence-corrected chi connectivity index (χ4v) is 4.34. The molecule has 8 heteroatoms. The van der Waals surface area contributed by atoms with Crippen molar-refractivity contribution in [2.75, 3.05) is 10.6 Å². The summed E-state index contributed by atoms with van der Waals surface area (Å²) < 4.78 is 1.93. The van der Waals surface area contributed by atoms with Crippen LogP contribution in [0.4, 0.5) is 11.4 Å². The number of nitrogens with one attached hydrogen (secondary N) is 2. The third kappa shape index (κ3) is 3.29. The quantitative estimate of drug-likeness (QED) is 0.511. The molecular formula is C18H14N4O2S2. The Morgan fingerprint density at radius 1 is 0.769 bits per heavy atom. The average molecular weight is 382 g/mol. The number of benzene rings is 2. The average Bonchev–Trinajstić information content (AvgIpc) is 3.14. The van der Waals surface area contributed by atoms with Gasteiger partial charge in [-0.3, -0.25) is 9.59 Å². The Morgan fingerprint density at radius 3 is 1.62 bits per heavy atom. The molecule has 0 aliphatic rings. The van der Waals surface area contributed by atoms with Crippen LogP contribution < -0.4 is 10.6 Å². The Kier molecular flexibility index (Phi) is 4.14. The number of hydrogen-bond acceptors (Lipinski definition) is 6. The fraction of sp³-hybridized carbons (Fsp3) is 0.111. The summed E-state index contributed by atoms with van der Waals surface area (Å²) in [5.74, 6) is -1.43. The van der Waals surface area contributed by atoms with Crippen molar-refractivity contribution >= 4 is 66.3 Å². The Hall–Kier alpha value is -2.84. The minimum absolute atomic E-state index is 0.565. The molecule has 0 radical (unpaired) electrons. The smallest absolute Gasteiger partial charge is 0.314 e. The highest BCUT2D eigenvalue weighted by Crippen LogP contribution is 2.26. The topological polar surface area (TPSA) is 84.0 Å². The van der Waals surface area contributed by atoms with E-state index in [0.717, 1.165) is 30.4 Å². The molecule has 4 rings (SSSR count). The van der Waals surface area contributed by atoms with E-state index in [9.17, 15) is 9.59 Å². The van der Waals surface area contributed by atoms with E-state index in [4.69, 9.17) is 0 Å². The number of thiazole rings is 2. The van der Waals surface area contributed by atoms with E-state index < -0.39 is 11.8 Å². The molecule has 2 aromatic heterocycles. The zero-order chi connectivity index (χ0) is 18.3. The van der Waals surface area contributed by atoms with E-state index in [1.54, 1.807) is 12.1 Å². The van der Waals surface area contributed by atoms with Gasteiger partial charge in [0.1, 0.15) is 0 Å². The van der Waals surface area contributed by atoms with E-state index >= 15 is 0 Å². The van der Waals surface area contributed by atoms with Crippen molar-refractivity contribution < 1.29 is 9.59 Å². The van der Waals surface area contributed by atoms with E-state index in [1.165, 1.54) is 22.7 Å². The highest BCUT2D eigenvalue weighted by Gasteiger charge is 2.15. The number of rotatable bonds is 2. The standard InChI is InChI=1S/C18H14N4O2S2/c1-9-19-13-5-3-11(7-15(13)25-9)21-17(23)18(24)22-12-4-6-14-16(8-12)26-10(2)20-14/h3-8H,1-2H3,(H,21,23)(H,22,24). The van der Waals surface area contributed by atoms with Crippen LogP contribution in [0.5, 0.6) is 0 Å². The summed E-state index contributed by atoms with van der Waals surface area (Å²) in [6.45, 7) is 3.86. The van der Waals surface area contributed by atoms with Crippen molar-refractivity contribution in [1.82, 2.24) is 9.97 Å². The van der Waals surface area contributed by atoms with Gasteiger partial charge in [-0.1, -0.05) is 0 Å². The minimum Gasteiger partial charge on any atom is -0.318 e. The van der Waals surface area contributed by atoms with Gasteiger partial charge in [0, 0.05) is 11.4 Å². The predicted molar refractivity (Wildman–Crippen MR) is 106 cm³/mol. The van der Waals surface area contributed by atoms with E-state index in [2.05, 4.69) is 20.6 Å². The maximum absolute atomic E-state index is 12.2. The summed E-state index contributed by atoms with van der Waals surface area (Å²) in [7, 11) is 0. The number of carbonyl (C=O) groups excluding carboxylic acids is 2. The number of aromatic nitrogens is 2. The summed E-state index contributed by atoms with van der Waals surface area (Å²) in [5, 5.41) is 7.15. The van der Waals surface area contributed by atoms with Crippen molar-refractivity contribution in [1.29, 1.82) is 0 Å². The monoisotopic (exact) mass is 382 g/mol. The molecule has 0 aliphatic carbocycles. The lowest BCUT2D eigenvalue weighted by molar-refractivity contribution is -0.132. The van der Waals surface area contributed by atoms with Gasteiger partial charge in [0.25, 0.3) is 0 Å². The van der Waals surface area contributed by atoms with E-state index in [1.807, 2.05) is 38.1 Å². The van der Waals surface area contributed by atoms with Crippen molar-refractivity contribution in [2.24, 2.45) is 0 Å². The van der Waals surface area contributed by atoms with Crippen LogP contribution in [0, 0.1) is 13.8 Å². The molecule has 2 heterocycles. The maximum Gasteiger partial charge on any atom is 0.314 e. The van der Waals surface area contributed by atoms with Gasteiger partial charge in [-0.2, -0.15) is 0 Å². The zero-order valence-corrected chi connectivity index (χ0v) is 15.6. The SMILES string of the molecule is Cc1nc2ccc(NC(=O)C(=O)Nc3ccc4nc(C)sc4c3)cc2s1. The van der Waals surface area contributed by atoms with Crippen molar-refractivity contribution in [3.63, 3.8) is 0 Å². The van der Waals surface area contributed by atoms with Gasteiger partial charge in [-0.15, -0.1) is 22.7 Å². The Balaban J connectivity index is 1.48. The first-order valence-electron chi connectivity index (χ1n) is 7.85. The molecule has 0 saturated carbocycles. The molecule has 0 atom stereocenters. The van der Waals surface area contributed by atoms with Gasteiger partial charge in [0.05, 0.1) is 30.4 Å². The molecule has 0 aliphatic heterocycles. The largest absolute Gasteiger partial charge is 0.318 e. The fourth-order valence-electron chi connectivity index (χ4n) is 2.61. The second kappa shape index (κ2) is 6.47. The number of hydrogen-bond donors (Lipinski definition) is 2. The second-order valence-electron chi connectivity index (χ2n) is 5.74. The summed E-state index contributed by atoms with van der Waals surface area (Å²) in [6.07, 6.45) is 0. The van der Waals surface area contributed by atoms with Gasteiger partial charge >= 0.3 is 11.8 Å². The predicted octanol–water partition coefficient (Wildman–Crippen LogP) is 4.10. The van der Waals surface area contributed by atoms with Crippen molar-refractivity contribution in [3.8, 4) is 0 Å². The van der Waals surface area contributed by atoms with Crippen LogP contribution in [0.1, 0.15) is 10.0 Å². The first kappa shape index (κ1) is 16.6. The molecule has 0 unspecified atom stereocenters. The molecular weight excluding hydrogens is 368 g/mol. The Morgan fingerprint density at radius 2 is 1.19 bits per heavy atom. The number of nitrogens with zero attached hydrogens (tertiary/aromatic N) is 2.